The molecule has 4 atom stereocenters. The van der Waals surface area contributed by atoms with Crippen LogP contribution in [0.3, 0.4) is 0 Å². The molecular formula is C16H19N3O5. The standard InChI is InChI=1S/C16H19N3O5/c1-9-4-2-3-5-10(9)16(14(22)13(21)11(8-20)24-16)19-7-6-12(17)18-15(19)23/h2-7,11,13-14,20-22H,8H2,1H3,(H2,17,18,23)/t11-,13-,14-,16-/m1/s1. The van der Waals surface area contributed by atoms with E-state index in [1.54, 1.807) is 31.2 Å². The van der Waals surface area contributed by atoms with E-state index in [-0.39, 0.29) is 5.82 Å². The van der Waals surface area contributed by atoms with Crippen LogP contribution in [0.1, 0.15) is 11.1 Å². The zero-order valence-electron chi connectivity index (χ0n) is 13.0. The lowest BCUT2D eigenvalue weighted by Crippen LogP contribution is -2.51. The SMILES string of the molecule is Cc1ccccc1[C@@]1(n2ccc(N)nc2=O)O[C@H](CO)[C@@H](O)[C@H]1O. The third kappa shape index (κ3) is 2.31. The number of anilines is 1. The van der Waals surface area contributed by atoms with Gasteiger partial charge in [-0.15, -0.1) is 0 Å². The quantitative estimate of drug-likeness (QED) is 0.563. The van der Waals surface area contributed by atoms with Gasteiger partial charge in [-0.1, -0.05) is 24.3 Å². The van der Waals surface area contributed by atoms with Crippen molar-refractivity contribution in [1.82, 2.24) is 9.55 Å². The van der Waals surface area contributed by atoms with E-state index >= 15 is 0 Å². The van der Waals surface area contributed by atoms with Crippen molar-refractivity contribution in [2.24, 2.45) is 0 Å². The first-order valence-corrected chi connectivity index (χ1v) is 7.48. The molecule has 0 amide bonds. The van der Waals surface area contributed by atoms with Gasteiger partial charge in [0.15, 0.2) is 0 Å². The normalized spacial score (nSPS) is 29.8. The number of aromatic nitrogens is 2. The number of nitrogens with zero attached hydrogens (tertiary/aromatic N) is 2. The van der Waals surface area contributed by atoms with Crippen LogP contribution in [0.25, 0.3) is 0 Å². The van der Waals surface area contributed by atoms with E-state index in [9.17, 15) is 20.1 Å². The van der Waals surface area contributed by atoms with Crippen LogP contribution in [0.5, 0.6) is 0 Å². The molecule has 2 aromatic rings. The number of aliphatic hydroxyl groups is 3. The van der Waals surface area contributed by atoms with E-state index in [1.165, 1.54) is 12.3 Å². The van der Waals surface area contributed by atoms with Crippen molar-refractivity contribution in [3.05, 3.63) is 58.1 Å². The lowest BCUT2D eigenvalue weighted by molar-refractivity contribution is -0.120. The molecule has 1 aliphatic heterocycles. The fraction of sp³-hybridized carbons (Fsp3) is 0.375. The summed E-state index contributed by atoms with van der Waals surface area (Å²) in [4.78, 5) is 16.1. The second-order valence-electron chi connectivity index (χ2n) is 5.79. The maximum absolute atomic E-state index is 12.4. The highest BCUT2D eigenvalue weighted by molar-refractivity contribution is 5.35. The molecular weight excluding hydrogens is 314 g/mol. The predicted octanol–water partition coefficient (Wildman–Crippen LogP) is -1.05. The molecule has 1 aromatic carbocycles. The Morgan fingerprint density at radius 3 is 2.62 bits per heavy atom. The summed E-state index contributed by atoms with van der Waals surface area (Å²) >= 11 is 0. The van der Waals surface area contributed by atoms with Crippen LogP contribution in [-0.4, -0.2) is 49.8 Å². The molecule has 0 unspecified atom stereocenters. The average Bonchev–Trinajstić information content (AvgIpc) is 2.81. The van der Waals surface area contributed by atoms with Crippen LogP contribution in [0.15, 0.2) is 41.3 Å². The number of hydrogen-bond acceptors (Lipinski definition) is 7. The molecule has 1 aromatic heterocycles. The van der Waals surface area contributed by atoms with E-state index in [0.717, 1.165) is 10.1 Å². The minimum Gasteiger partial charge on any atom is -0.394 e. The maximum Gasteiger partial charge on any atom is 0.352 e. The van der Waals surface area contributed by atoms with Gasteiger partial charge in [0.1, 0.15) is 24.1 Å². The van der Waals surface area contributed by atoms with Gasteiger partial charge >= 0.3 is 5.69 Å². The lowest BCUT2D eigenvalue weighted by Gasteiger charge is -2.35. The molecule has 1 fully saturated rings. The predicted molar refractivity (Wildman–Crippen MR) is 85.1 cm³/mol. The van der Waals surface area contributed by atoms with Crippen LogP contribution < -0.4 is 11.4 Å². The van der Waals surface area contributed by atoms with Gasteiger partial charge in [-0.25, -0.2) is 4.79 Å². The molecule has 2 heterocycles. The van der Waals surface area contributed by atoms with Gasteiger partial charge in [0.05, 0.1) is 6.61 Å². The van der Waals surface area contributed by atoms with Crippen LogP contribution in [-0.2, 0) is 10.5 Å². The van der Waals surface area contributed by atoms with Gasteiger partial charge < -0.3 is 25.8 Å². The minimum atomic E-state index is -1.71. The van der Waals surface area contributed by atoms with E-state index < -0.39 is 36.3 Å². The molecule has 0 aliphatic carbocycles. The second-order valence-corrected chi connectivity index (χ2v) is 5.79. The number of ether oxygens (including phenoxy) is 1. The lowest BCUT2D eigenvalue weighted by atomic mass is 9.91. The summed E-state index contributed by atoms with van der Waals surface area (Å²) in [5.74, 6) is 0.0305. The zero-order chi connectivity index (χ0) is 17.5. The first-order chi connectivity index (χ1) is 11.4. The smallest absolute Gasteiger partial charge is 0.352 e. The van der Waals surface area contributed by atoms with Gasteiger partial charge in [-0.3, -0.25) is 4.57 Å². The molecule has 0 radical (unpaired) electrons. The summed E-state index contributed by atoms with van der Waals surface area (Å²) in [5, 5.41) is 30.4. The maximum atomic E-state index is 12.4. The fourth-order valence-corrected chi connectivity index (χ4v) is 3.15. The molecule has 0 saturated carbocycles. The van der Waals surface area contributed by atoms with Crippen molar-refractivity contribution >= 4 is 5.82 Å². The Balaban J connectivity index is 2.31. The fourth-order valence-electron chi connectivity index (χ4n) is 3.15. The molecule has 8 heteroatoms. The van der Waals surface area contributed by atoms with E-state index in [0.29, 0.717) is 5.56 Å². The second kappa shape index (κ2) is 5.99. The highest BCUT2D eigenvalue weighted by Gasteiger charge is 2.57. The van der Waals surface area contributed by atoms with Gasteiger partial charge in [0, 0.05) is 11.8 Å². The van der Waals surface area contributed by atoms with Crippen molar-refractivity contribution in [2.45, 2.75) is 31.0 Å². The van der Waals surface area contributed by atoms with Crippen LogP contribution in [0, 0.1) is 6.92 Å². The number of aliphatic hydroxyl groups excluding tert-OH is 3. The van der Waals surface area contributed by atoms with Crippen LogP contribution in [0.4, 0.5) is 5.82 Å². The first-order valence-electron chi connectivity index (χ1n) is 7.48. The number of nitrogen functional groups attached to an aromatic ring is 1. The highest BCUT2D eigenvalue weighted by Crippen LogP contribution is 2.41. The molecule has 3 rings (SSSR count). The Kier molecular flexibility index (Phi) is 4.14. The van der Waals surface area contributed by atoms with Crippen LogP contribution in [0.2, 0.25) is 0 Å². The van der Waals surface area contributed by atoms with Gasteiger partial charge in [0.25, 0.3) is 0 Å². The highest BCUT2D eigenvalue weighted by atomic mass is 16.6. The summed E-state index contributed by atoms with van der Waals surface area (Å²) in [5.41, 5.74) is 4.32. The molecule has 1 aliphatic rings. The summed E-state index contributed by atoms with van der Waals surface area (Å²) in [7, 11) is 0. The Labute approximate surface area is 137 Å². The minimum absolute atomic E-state index is 0.0305. The number of nitrogens with two attached hydrogens (primary N) is 1. The van der Waals surface area contributed by atoms with Crippen molar-refractivity contribution in [2.75, 3.05) is 12.3 Å². The van der Waals surface area contributed by atoms with Crippen molar-refractivity contribution in [3.63, 3.8) is 0 Å². The number of hydrogen-bond donors (Lipinski definition) is 4. The van der Waals surface area contributed by atoms with Gasteiger partial charge in [0.2, 0.25) is 5.72 Å². The van der Waals surface area contributed by atoms with Crippen molar-refractivity contribution in [3.8, 4) is 0 Å². The largest absolute Gasteiger partial charge is 0.394 e. The Bertz CT molecular complexity index is 808. The monoisotopic (exact) mass is 333 g/mol. The first kappa shape index (κ1) is 16.6. The third-order valence-corrected chi connectivity index (χ3v) is 4.33. The Morgan fingerprint density at radius 2 is 2.04 bits per heavy atom. The summed E-state index contributed by atoms with van der Waals surface area (Å²) < 4.78 is 6.92. The number of rotatable bonds is 3. The molecule has 24 heavy (non-hydrogen) atoms. The molecule has 8 nitrogen and oxygen atoms in total. The van der Waals surface area contributed by atoms with Crippen LogP contribution >= 0.6 is 0 Å². The molecule has 0 bridgehead atoms. The van der Waals surface area contributed by atoms with E-state index in [4.69, 9.17) is 10.5 Å². The average molecular weight is 333 g/mol. The van der Waals surface area contributed by atoms with Crippen molar-refractivity contribution in [1.29, 1.82) is 0 Å². The Morgan fingerprint density at radius 1 is 1.33 bits per heavy atom. The number of aryl methyl sites for hydroxylation is 1. The molecule has 128 valence electrons. The summed E-state index contributed by atoms with van der Waals surface area (Å²) in [6, 6.07) is 8.41. The molecule has 1 saturated heterocycles. The van der Waals surface area contributed by atoms with E-state index in [2.05, 4.69) is 4.98 Å². The zero-order valence-corrected chi connectivity index (χ0v) is 13.0. The molecule has 5 N–H and O–H groups in total. The van der Waals surface area contributed by atoms with Gasteiger partial charge in [-0.2, -0.15) is 4.98 Å². The van der Waals surface area contributed by atoms with E-state index in [1.807, 2.05) is 0 Å². The summed E-state index contributed by atoms with van der Waals surface area (Å²) in [6.45, 7) is 1.28. The third-order valence-electron chi connectivity index (χ3n) is 4.33. The topological polar surface area (TPSA) is 131 Å². The van der Waals surface area contributed by atoms with Gasteiger partial charge in [-0.05, 0) is 18.6 Å². The summed E-state index contributed by atoms with van der Waals surface area (Å²) in [6.07, 6.45) is -2.56. The van der Waals surface area contributed by atoms with Crippen molar-refractivity contribution < 1.29 is 20.1 Å². The number of benzene rings is 1. The Hall–Kier alpha value is -2.26. The molecule has 0 spiro atoms.